The maximum absolute atomic E-state index is 14.0. The Morgan fingerprint density at radius 3 is 2.93 bits per heavy atom. The lowest BCUT2D eigenvalue weighted by atomic mass is 10.2. The number of hydrogen-bond donors (Lipinski definition) is 1. The van der Waals surface area contributed by atoms with Crippen molar-refractivity contribution in [3.8, 4) is 17.6 Å². The molecule has 1 fully saturated rings. The van der Waals surface area contributed by atoms with Gasteiger partial charge in [0.15, 0.2) is 5.75 Å². The molecule has 1 aliphatic rings. The molecule has 8 nitrogen and oxygen atoms in total. The van der Waals surface area contributed by atoms with E-state index < -0.39 is 0 Å². The molecule has 5 rings (SSSR count). The number of fused-ring (bicyclic) bond motifs is 1. The van der Waals surface area contributed by atoms with Gasteiger partial charge in [-0.05, 0) is 24.6 Å². The first kappa shape index (κ1) is 17.4. The summed E-state index contributed by atoms with van der Waals surface area (Å²) in [5.74, 6) is 0.0634. The summed E-state index contributed by atoms with van der Waals surface area (Å²) in [4.78, 5) is 14.2. The average Bonchev–Trinajstić information content (AvgIpc) is 3.38. The van der Waals surface area contributed by atoms with Crippen molar-refractivity contribution in [1.82, 2.24) is 24.7 Å². The number of hydrogen-bond acceptors (Lipinski definition) is 7. The van der Waals surface area contributed by atoms with Crippen molar-refractivity contribution in [2.45, 2.75) is 12.5 Å². The summed E-state index contributed by atoms with van der Waals surface area (Å²) < 4.78 is 21.5. The van der Waals surface area contributed by atoms with Crippen molar-refractivity contribution in [2.24, 2.45) is 0 Å². The van der Waals surface area contributed by atoms with E-state index in [4.69, 9.17) is 4.74 Å². The van der Waals surface area contributed by atoms with Crippen molar-refractivity contribution < 1.29 is 14.2 Å². The number of nitrogens with zero attached hydrogens (tertiary/aromatic N) is 6. The average molecular weight is 392 g/mol. The molecule has 1 aromatic carbocycles. The van der Waals surface area contributed by atoms with Crippen LogP contribution in [0.2, 0.25) is 0 Å². The Labute approximate surface area is 165 Å². The number of pyridine rings is 1. The summed E-state index contributed by atoms with van der Waals surface area (Å²) in [7, 11) is 0. The van der Waals surface area contributed by atoms with Gasteiger partial charge in [0.25, 0.3) is 0 Å². The topological polar surface area (TPSA) is 89.2 Å². The predicted molar refractivity (Wildman–Crippen MR) is 104 cm³/mol. The van der Waals surface area contributed by atoms with Gasteiger partial charge in [0.2, 0.25) is 5.88 Å². The maximum atomic E-state index is 14.0. The highest BCUT2D eigenvalue weighted by molar-refractivity contribution is 5.82. The van der Waals surface area contributed by atoms with E-state index in [1.807, 2.05) is 11.0 Å². The highest BCUT2D eigenvalue weighted by Crippen LogP contribution is 2.30. The summed E-state index contributed by atoms with van der Waals surface area (Å²) in [5.41, 5.74) is 1.09. The molecule has 9 heteroatoms. The zero-order valence-corrected chi connectivity index (χ0v) is 15.3. The fourth-order valence-corrected chi connectivity index (χ4v) is 3.55. The molecule has 0 radical (unpaired) electrons. The zero-order chi connectivity index (χ0) is 19.8. The second kappa shape index (κ2) is 7.01. The number of aromatic nitrogens is 5. The SMILES string of the molecule is Oc1nc(Oc2cnn([C@H]3CCN(c4ccccc4F)C3)c2)nc2cnccc12. The lowest BCUT2D eigenvalue weighted by molar-refractivity contribution is 0.410. The van der Waals surface area contributed by atoms with Gasteiger partial charge in [0, 0.05) is 19.3 Å². The first-order valence-corrected chi connectivity index (χ1v) is 9.19. The van der Waals surface area contributed by atoms with Crippen LogP contribution in [0.25, 0.3) is 10.9 Å². The van der Waals surface area contributed by atoms with Crippen LogP contribution in [-0.2, 0) is 0 Å². The molecule has 4 aromatic rings. The first-order valence-electron chi connectivity index (χ1n) is 9.19. The van der Waals surface area contributed by atoms with Gasteiger partial charge in [0.05, 0.1) is 41.2 Å². The number of rotatable bonds is 4. The van der Waals surface area contributed by atoms with E-state index >= 15 is 0 Å². The zero-order valence-electron chi connectivity index (χ0n) is 15.3. The van der Waals surface area contributed by atoms with Crippen LogP contribution in [0.1, 0.15) is 12.5 Å². The molecule has 1 saturated heterocycles. The van der Waals surface area contributed by atoms with E-state index in [2.05, 4.69) is 20.1 Å². The van der Waals surface area contributed by atoms with Crippen LogP contribution in [-0.4, -0.2) is 42.9 Å². The molecule has 0 saturated carbocycles. The van der Waals surface area contributed by atoms with Gasteiger partial charge in [-0.25, -0.2) is 4.39 Å². The summed E-state index contributed by atoms with van der Waals surface area (Å²) in [6.07, 6.45) is 7.25. The second-order valence-corrected chi connectivity index (χ2v) is 6.82. The molecule has 4 heterocycles. The summed E-state index contributed by atoms with van der Waals surface area (Å²) in [5, 5.41) is 14.9. The number of para-hydroxylation sites is 1. The van der Waals surface area contributed by atoms with Crippen LogP contribution in [0.15, 0.2) is 55.1 Å². The van der Waals surface area contributed by atoms with E-state index in [-0.39, 0.29) is 23.7 Å². The summed E-state index contributed by atoms with van der Waals surface area (Å²) in [6.45, 7) is 1.40. The quantitative estimate of drug-likeness (QED) is 0.570. The second-order valence-electron chi connectivity index (χ2n) is 6.82. The highest BCUT2D eigenvalue weighted by Gasteiger charge is 2.26. The molecule has 1 aliphatic heterocycles. The molecule has 0 aliphatic carbocycles. The third kappa shape index (κ3) is 3.31. The first-order chi connectivity index (χ1) is 14.2. The Bertz CT molecular complexity index is 1180. The van der Waals surface area contributed by atoms with Crippen LogP contribution < -0.4 is 9.64 Å². The molecule has 3 aromatic heterocycles. The molecule has 0 amide bonds. The Kier molecular flexibility index (Phi) is 4.19. The minimum absolute atomic E-state index is 0.0157. The van der Waals surface area contributed by atoms with Gasteiger partial charge in [-0.15, -0.1) is 0 Å². The molecule has 0 spiro atoms. The predicted octanol–water partition coefficient (Wildman–Crippen LogP) is 3.31. The number of ether oxygens (including phenoxy) is 1. The lowest BCUT2D eigenvalue weighted by Crippen LogP contribution is -2.22. The molecule has 0 bridgehead atoms. The van der Waals surface area contributed by atoms with Gasteiger partial charge in [0.1, 0.15) is 5.82 Å². The maximum Gasteiger partial charge on any atom is 0.326 e. The molecular weight excluding hydrogens is 375 g/mol. The molecular formula is C20H17FN6O2. The summed E-state index contributed by atoms with van der Waals surface area (Å²) in [6, 6.07) is 8.52. The standard InChI is InChI=1S/C20H17FN6O2/c21-16-3-1-2-4-18(16)26-8-6-13(11-26)27-12-14(9-23-27)29-20-24-17-10-22-7-5-15(17)19(28)25-20/h1-5,7,9-10,12-13H,6,8,11H2,(H,24,25,28)/t13-/m0/s1. The number of benzene rings is 1. The third-order valence-corrected chi connectivity index (χ3v) is 4.98. The molecule has 29 heavy (non-hydrogen) atoms. The smallest absolute Gasteiger partial charge is 0.326 e. The van der Waals surface area contributed by atoms with Crippen molar-refractivity contribution >= 4 is 16.6 Å². The van der Waals surface area contributed by atoms with E-state index in [0.717, 1.165) is 13.0 Å². The van der Waals surface area contributed by atoms with Crippen LogP contribution in [0.5, 0.6) is 17.6 Å². The van der Waals surface area contributed by atoms with Gasteiger partial charge >= 0.3 is 6.01 Å². The van der Waals surface area contributed by atoms with Crippen LogP contribution in [0.3, 0.4) is 0 Å². The van der Waals surface area contributed by atoms with Crippen LogP contribution >= 0.6 is 0 Å². The van der Waals surface area contributed by atoms with Crippen molar-refractivity contribution in [3.63, 3.8) is 0 Å². The lowest BCUT2D eigenvalue weighted by Gasteiger charge is -2.19. The summed E-state index contributed by atoms with van der Waals surface area (Å²) >= 11 is 0. The van der Waals surface area contributed by atoms with Crippen molar-refractivity contribution in [1.29, 1.82) is 0 Å². The third-order valence-electron chi connectivity index (χ3n) is 4.98. The van der Waals surface area contributed by atoms with E-state index in [9.17, 15) is 9.50 Å². The van der Waals surface area contributed by atoms with Gasteiger partial charge in [-0.2, -0.15) is 15.1 Å². The number of halogens is 1. The van der Waals surface area contributed by atoms with Gasteiger partial charge in [-0.3, -0.25) is 9.67 Å². The number of aromatic hydroxyl groups is 1. The van der Waals surface area contributed by atoms with E-state index in [1.54, 1.807) is 41.5 Å². The monoisotopic (exact) mass is 392 g/mol. The Morgan fingerprint density at radius 2 is 2.03 bits per heavy atom. The molecule has 0 unspecified atom stereocenters. The normalized spacial score (nSPS) is 16.4. The Hall–Kier alpha value is -3.75. The van der Waals surface area contributed by atoms with Gasteiger partial charge in [-0.1, -0.05) is 12.1 Å². The fraction of sp³-hybridized carbons (Fsp3) is 0.200. The highest BCUT2D eigenvalue weighted by atomic mass is 19.1. The minimum Gasteiger partial charge on any atom is -0.493 e. The van der Waals surface area contributed by atoms with Gasteiger partial charge < -0.3 is 14.7 Å². The van der Waals surface area contributed by atoms with Crippen LogP contribution in [0, 0.1) is 5.82 Å². The van der Waals surface area contributed by atoms with E-state index in [0.29, 0.717) is 28.9 Å². The van der Waals surface area contributed by atoms with Crippen molar-refractivity contribution in [2.75, 3.05) is 18.0 Å². The fourth-order valence-electron chi connectivity index (χ4n) is 3.55. The van der Waals surface area contributed by atoms with Crippen LogP contribution in [0.4, 0.5) is 10.1 Å². The number of anilines is 1. The minimum atomic E-state index is -0.222. The Morgan fingerprint density at radius 1 is 1.14 bits per heavy atom. The molecule has 1 N–H and O–H groups in total. The van der Waals surface area contributed by atoms with Crippen molar-refractivity contribution in [3.05, 3.63) is 60.9 Å². The Balaban J connectivity index is 1.32. The molecule has 146 valence electrons. The molecule has 1 atom stereocenters. The van der Waals surface area contributed by atoms with E-state index in [1.165, 1.54) is 12.3 Å². The largest absolute Gasteiger partial charge is 0.493 e.